The molecule has 128 valence electrons. The molecule has 0 unspecified atom stereocenters. The van der Waals surface area contributed by atoms with Gasteiger partial charge in [0.15, 0.2) is 5.16 Å². The first-order chi connectivity index (χ1) is 12.0. The van der Waals surface area contributed by atoms with Crippen molar-refractivity contribution in [2.75, 3.05) is 11.1 Å². The van der Waals surface area contributed by atoms with Crippen LogP contribution in [-0.2, 0) is 4.79 Å². The van der Waals surface area contributed by atoms with Crippen molar-refractivity contribution < 1.29 is 4.79 Å². The lowest BCUT2D eigenvalue weighted by molar-refractivity contribution is -0.113. The Bertz CT molecular complexity index is 898. The van der Waals surface area contributed by atoms with Gasteiger partial charge < -0.3 is 5.32 Å². The molecule has 0 aliphatic heterocycles. The lowest BCUT2D eigenvalue weighted by atomic mass is 10.2. The van der Waals surface area contributed by atoms with Crippen molar-refractivity contribution in [2.45, 2.75) is 12.1 Å². The van der Waals surface area contributed by atoms with Crippen molar-refractivity contribution in [2.24, 2.45) is 0 Å². The van der Waals surface area contributed by atoms with Gasteiger partial charge in [0, 0.05) is 15.2 Å². The number of amides is 1. The number of benzene rings is 2. The lowest BCUT2D eigenvalue weighted by Crippen LogP contribution is -2.14. The number of nitrogens with one attached hydrogen (secondary N) is 1. The van der Waals surface area contributed by atoms with Gasteiger partial charge in [0.2, 0.25) is 5.91 Å². The normalized spacial score (nSPS) is 10.7. The highest BCUT2D eigenvalue weighted by atomic mass is 79.9. The fourth-order valence-corrected chi connectivity index (χ4v) is 3.26. The first kappa shape index (κ1) is 18.0. The van der Waals surface area contributed by atoms with E-state index in [2.05, 4.69) is 31.4 Å². The van der Waals surface area contributed by atoms with E-state index in [0.717, 1.165) is 21.4 Å². The van der Waals surface area contributed by atoms with E-state index in [4.69, 9.17) is 11.6 Å². The Labute approximate surface area is 162 Å². The number of aryl methyl sites for hydroxylation is 1. The summed E-state index contributed by atoms with van der Waals surface area (Å²) >= 11 is 10.9. The zero-order valence-corrected chi connectivity index (χ0v) is 16.4. The van der Waals surface area contributed by atoms with Crippen LogP contribution in [0, 0.1) is 6.92 Å². The third-order valence-electron chi connectivity index (χ3n) is 3.41. The van der Waals surface area contributed by atoms with Crippen LogP contribution in [0.1, 0.15) is 5.56 Å². The zero-order valence-electron chi connectivity index (χ0n) is 13.2. The molecule has 1 N–H and O–H groups in total. The van der Waals surface area contributed by atoms with Gasteiger partial charge in [-0.25, -0.2) is 0 Å². The molecule has 0 aliphatic rings. The van der Waals surface area contributed by atoms with Crippen LogP contribution in [-0.4, -0.2) is 26.4 Å². The Morgan fingerprint density at radius 1 is 1.28 bits per heavy atom. The highest BCUT2D eigenvalue weighted by molar-refractivity contribution is 9.10. The number of rotatable bonds is 5. The summed E-state index contributed by atoms with van der Waals surface area (Å²) in [4.78, 5) is 12.1. The SMILES string of the molecule is Cc1ccc(-n2cnnc2SCC(=O)Nc2ccc(Br)cc2)cc1Cl. The van der Waals surface area contributed by atoms with Crippen molar-refractivity contribution in [3.05, 3.63) is 63.9 Å². The molecule has 25 heavy (non-hydrogen) atoms. The smallest absolute Gasteiger partial charge is 0.234 e. The van der Waals surface area contributed by atoms with Crippen molar-refractivity contribution in [1.29, 1.82) is 0 Å². The summed E-state index contributed by atoms with van der Waals surface area (Å²) in [6.07, 6.45) is 1.61. The molecule has 5 nitrogen and oxygen atoms in total. The van der Waals surface area contributed by atoms with Gasteiger partial charge in [-0.05, 0) is 48.9 Å². The Balaban J connectivity index is 1.66. The number of thioether (sulfide) groups is 1. The van der Waals surface area contributed by atoms with Crippen molar-refractivity contribution in [1.82, 2.24) is 14.8 Å². The van der Waals surface area contributed by atoms with Gasteiger partial charge in [-0.2, -0.15) is 0 Å². The quantitative estimate of drug-likeness (QED) is 0.587. The van der Waals surface area contributed by atoms with Crippen LogP contribution in [0.15, 0.2) is 58.4 Å². The first-order valence-corrected chi connectivity index (χ1v) is 9.53. The summed E-state index contributed by atoms with van der Waals surface area (Å²) < 4.78 is 2.77. The highest BCUT2D eigenvalue weighted by Gasteiger charge is 2.11. The van der Waals surface area contributed by atoms with Crippen molar-refractivity contribution in [3.8, 4) is 5.69 Å². The van der Waals surface area contributed by atoms with Gasteiger partial charge in [-0.15, -0.1) is 10.2 Å². The number of carbonyl (C=O) groups is 1. The van der Waals surface area contributed by atoms with Crippen LogP contribution in [0.2, 0.25) is 5.02 Å². The third kappa shape index (κ3) is 4.62. The zero-order chi connectivity index (χ0) is 17.8. The second-order valence-electron chi connectivity index (χ2n) is 5.26. The van der Waals surface area contributed by atoms with E-state index in [1.807, 2.05) is 54.0 Å². The molecule has 3 aromatic rings. The fraction of sp³-hybridized carbons (Fsp3) is 0.118. The van der Waals surface area contributed by atoms with Gasteiger partial charge in [-0.3, -0.25) is 9.36 Å². The maximum atomic E-state index is 12.1. The number of nitrogens with zero attached hydrogens (tertiary/aromatic N) is 3. The lowest BCUT2D eigenvalue weighted by Gasteiger charge is -2.08. The maximum Gasteiger partial charge on any atom is 0.234 e. The molecule has 0 saturated heterocycles. The minimum absolute atomic E-state index is 0.108. The summed E-state index contributed by atoms with van der Waals surface area (Å²) in [6, 6.07) is 13.2. The minimum Gasteiger partial charge on any atom is -0.325 e. The van der Waals surface area contributed by atoms with E-state index in [9.17, 15) is 4.79 Å². The number of aromatic nitrogens is 3. The Hall–Kier alpha value is -1.83. The van der Waals surface area contributed by atoms with Gasteiger partial charge >= 0.3 is 0 Å². The van der Waals surface area contributed by atoms with E-state index in [1.54, 1.807) is 6.33 Å². The minimum atomic E-state index is -0.108. The molecular weight excluding hydrogens is 424 g/mol. The van der Waals surface area contributed by atoms with Crippen molar-refractivity contribution in [3.63, 3.8) is 0 Å². The molecule has 0 bridgehead atoms. The predicted molar refractivity (Wildman–Crippen MR) is 105 cm³/mol. The first-order valence-electron chi connectivity index (χ1n) is 7.38. The highest BCUT2D eigenvalue weighted by Crippen LogP contribution is 2.24. The third-order valence-corrected chi connectivity index (χ3v) is 5.29. The number of anilines is 1. The predicted octanol–water partition coefficient (Wildman–Crippen LogP) is 4.72. The largest absolute Gasteiger partial charge is 0.325 e. The van der Waals surface area contributed by atoms with Crippen LogP contribution >= 0.6 is 39.3 Å². The van der Waals surface area contributed by atoms with Crippen molar-refractivity contribution >= 4 is 50.9 Å². The molecular formula is C17H14BrClN4OS. The van der Waals surface area contributed by atoms with E-state index < -0.39 is 0 Å². The van der Waals surface area contributed by atoms with E-state index in [-0.39, 0.29) is 11.7 Å². The van der Waals surface area contributed by atoms with Gasteiger partial charge in [0.1, 0.15) is 6.33 Å². The number of hydrogen-bond acceptors (Lipinski definition) is 4. The second kappa shape index (κ2) is 8.03. The Kier molecular flexibility index (Phi) is 5.78. The van der Waals surface area contributed by atoms with E-state index in [1.165, 1.54) is 11.8 Å². The second-order valence-corrected chi connectivity index (χ2v) is 7.53. The van der Waals surface area contributed by atoms with Crippen LogP contribution < -0.4 is 5.32 Å². The topological polar surface area (TPSA) is 59.8 Å². The monoisotopic (exact) mass is 436 g/mol. The molecule has 8 heteroatoms. The molecule has 3 rings (SSSR count). The van der Waals surface area contributed by atoms with Crippen LogP contribution in [0.3, 0.4) is 0 Å². The molecule has 0 spiro atoms. The summed E-state index contributed by atoms with van der Waals surface area (Å²) in [5, 5.41) is 12.2. The molecule has 0 radical (unpaired) electrons. The van der Waals surface area contributed by atoms with Gasteiger partial charge in [-0.1, -0.05) is 45.4 Å². The van der Waals surface area contributed by atoms with Crippen LogP contribution in [0.5, 0.6) is 0 Å². The Morgan fingerprint density at radius 3 is 2.76 bits per heavy atom. The summed E-state index contributed by atoms with van der Waals surface area (Å²) in [5.41, 5.74) is 2.61. The standard InChI is InChI=1S/C17H14BrClN4OS/c1-11-2-7-14(8-15(11)19)23-10-20-22-17(23)25-9-16(24)21-13-5-3-12(18)4-6-13/h2-8,10H,9H2,1H3,(H,21,24). The molecule has 0 fully saturated rings. The summed E-state index contributed by atoms with van der Waals surface area (Å²) in [7, 11) is 0. The summed E-state index contributed by atoms with van der Waals surface area (Å²) in [5.74, 6) is 0.123. The Morgan fingerprint density at radius 2 is 2.04 bits per heavy atom. The molecule has 0 saturated carbocycles. The van der Waals surface area contributed by atoms with E-state index >= 15 is 0 Å². The molecule has 0 aliphatic carbocycles. The number of hydrogen-bond donors (Lipinski definition) is 1. The average molecular weight is 438 g/mol. The fourth-order valence-electron chi connectivity index (χ4n) is 2.09. The van der Waals surface area contributed by atoms with Crippen LogP contribution in [0.4, 0.5) is 5.69 Å². The molecule has 1 amide bonds. The van der Waals surface area contributed by atoms with Gasteiger partial charge in [0.05, 0.1) is 11.4 Å². The van der Waals surface area contributed by atoms with Gasteiger partial charge in [0.25, 0.3) is 0 Å². The number of carbonyl (C=O) groups excluding carboxylic acids is 1. The molecule has 0 atom stereocenters. The molecule has 1 aromatic heterocycles. The molecule has 1 heterocycles. The van der Waals surface area contributed by atoms with Crippen LogP contribution in [0.25, 0.3) is 5.69 Å². The summed E-state index contributed by atoms with van der Waals surface area (Å²) in [6.45, 7) is 1.94. The molecule has 2 aromatic carbocycles. The van der Waals surface area contributed by atoms with E-state index in [0.29, 0.717) is 10.2 Å². The maximum absolute atomic E-state index is 12.1. The number of halogens is 2. The average Bonchev–Trinajstić information content (AvgIpc) is 3.06.